The Morgan fingerprint density at radius 3 is 2.80 bits per heavy atom. The average Bonchev–Trinajstić information content (AvgIpc) is 2.83. The lowest BCUT2D eigenvalue weighted by molar-refractivity contribution is 0.0488. The predicted octanol–water partition coefficient (Wildman–Crippen LogP) is 4.43. The summed E-state index contributed by atoms with van der Waals surface area (Å²) < 4.78 is 16.5. The van der Waals surface area contributed by atoms with Crippen molar-refractivity contribution in [1.82, 2.24) is 20.3 Å². The Morgan fingerprint density at radius 1 is 1.09 bits per heavy atom. The van der Waals surface area contributed by atoms with E-state index in [0.29, 0.717) is 43.6 Å². The van der Waals surface area contributed by atoms with E-state index in [-0.39, 0.29) is 6.04 Å². The summed E-state index contributed by atoms with van der Waals surface area (Å²) in [5, 5.41) is 6.24. The van der Waals surface area contributed by atoms with Crippen molar-refractivity contribution in [2.24, 2.45) is 0 Å². The van der Waals surface area contributed by atoms with Gasteiger partial charge in [-0.3, -0.25) is 0 Å². The van der Waals surface area contributed by atoms with Gasteiger partial charge in [0.15, 0.2) is 5.82 Å². The van der Waals surface area contributed by atoms with E-state index in [4.69, 9.17) is 14.2 Å². The van der Waals surface area contributed by atoms with E-state index < -0.39 is 11.7 Å². The van der Waals surface area contributed by atoms with Gasteiger partial charge in [-0.2, -0.15) is 0 Å². The molecule has 1 atom stereocenters. The number of hydrogen-bond acceptors (Lipinski definition) is 8. The molecule has 2 heterocycles. The van der Waals surface area contributed by atoms with Crippen LogP contribution in [0.15, 0.2) is 42.7 Å². The second-order valence-corrected chi connectivity index (χ2v) is 9.42. The first-order chi connectivity index (χ1) is 16.9. The molecule has 1 aliphatic carbocycles. The number of anilines is 1. The monoisotopic (exact) mass is 479 g/mol. The molecule has 0 aliphatic heterocycles. The van der Waals surface area contributed by atoms with Crippen molar-refractivity contribution in [3.05, 3.63) is 53.9 Å². The summed E-state index contributed by atoms with van der Waals surface area (Å²) in [4.78, 5) is 25.1. The fourth-order valence-electron chi connectivity index (χ4n) is 4.02. The van der Waals surface area contributed by atoms with Gasteiger partial charge in [-0.25, -0.2) is 19.7 Å². The molecule has 1 aliphatic rings. The molecular formula is C26H33N5O4. The fourth-order valence-corrected chi connectivity index (χ4v) is 4.02. The van der Waals surface area contributed by atoms with Gasteiger partial charge in [-0.15, -0.1) is 0 Å². The van der Waals surface area contributed by atoms with Crippen LogP contribution < -0.4 is 15.4 Å². The highest BCUT2D eigenvalue weighted by atomic mass is 16.6. The fraction of sp³-hybridized carbons (Fsp3) is 0.462. The minimum Gasteiger partial charge on any atom is -0.475 e. The molecule has 2 aromatic heterocycles. The minimum atomic E-state index is -0.521. The van der Waals surface area contributed by atoms with Gasteiger partial charge in [0.1, 0.15) is 24.1 Å². The van der Waals surface area contributed by atoms with Crippen molar-refractivity contribution < 1.29 is 19.0 Å². The zero-order valence-electron chi connectivity index (χ0n) is 20.5. The molecule has 1 unspecified atom stereocenters. The highest BCUT2D eigenvalue weighted by Crippen LogP contribution is 2.33. The second-order valence-electron chi connectivity index (χ2n) is 9.42. The molecule has 0 saturated heterocycles. The number of alkyl carbamates (subject to hydrolysis) is 1. The van der Waals surface area contributed by atoms with Gasteiger partial charge in [0.25, 0.3) is 0 Å². The third-order valence-electron chi connectivity index (χ3n) is 5.53. The lowest BCUT2D eigenvalue weighted by atomic mass is 9.88. The molecular weight excluding hydrogens is 446 g/mol. The van der Waals surface area contributed by atoms with Crippen LogP contribution in [0.1, 0.15) is 50.8 Å². The number of hydrogen-bond donors (Lipinski definition) is 2. The van der Waals surface area contributed by atoms with Crippen molar-refractivity contribution in [1.29, 1.82) is 0 Å². The first-order valence-electron chi connectivity index (χ1n) is 12.0. The van der Waals surface area contributed by atoms with Crippen LogP contribution >= 0.6 is 0 Å². The maximum atomic E-state index is 11.6. The Labute approximate surface area is 205 Å². The third-order valence-corrected chi connectivity index (χ3v) is 5.53. The van der Waals surface area contributed by atoms with Crippen LogP contribution in [-0.4, -0.2) is 53.0 Å². The summed E-state index contributed by atoms with van der Waals surface area (Å²) in [5.74, 6) is 1.18. The summed E-state index contributed by atoms with van der Waals surface area (Å²) in [6.45, 7) is 6.88. The summed E-state index contributed by atoms with van der Waals surface area (Å²) >= 11 is 0. The number of fused-ring (bicyclic) bond motifs is 2. The molecule has 9 nitrogen and oxygen atoms in total. The number of ether oxygens (including phenoxy) is 3. The van der Waals surface area contributed by atoms with Crippen LogP contribution in [0.25, 0.3) is 11.0 Å². The highest BCUT2D eigenvalue weighted by Gasteiger charge is 2.21. The van der Waals surface area contributed by atoms with E-state index in [0.717, 1.165) is 24.8 Å². The van der Waals surface area contributed by atoms with E-state index >= 15 is 0 Å². The van der Waals surface area contributed by atoms with E-state index in [1.807, 2.05) is 26.8 Å². The third kappa shape index (κ3) is 7.02. The highest BCUT2D eigenvalue weighted by molar-refractivity contribution is 5.85. The quantitative estimate of drug-likeness (QED) is 0.434. The molecule has 2 N–H and O–H groups in total. The number of rotatable bonds is 9. The van der Waals surface area contributed by atoms with Gasteiger partial charge in [0.2, 0.25) is 5.88 Å². The molecule has 1 amide bonds. The first kappa shape index (κ1) is 24.7. The van der Waals surface area contributed by atoms with Crippen molar-refractivity contribution >= 4 is 22.9 Å². The Bertz CT molecular complexity index is 1150. The van der Waals surface area contributed by atoms with Crippen LogP contribution in [0.3, 0.4) is 0 Å². The number of pyridine rings is 1. The molecule has 0 fully saturated rings. The molecule has 4 rings (SSSR count). The Balaban J connectivity index is 1.29. The van der Waals surface area contributed by atoms with Crippen molar-refractivity contribution in [3.8, 4) is 5.88 Å². The van der Waals surface area contributed by atoms with Gasteiger partial charge < -0.3 is 24.8 Å². The molecule has 0 saturated carbocycles. The number of carbonyl (C=O) groups excluding carboxylic acids is 1. The normalized spacial score (nSPS) is 15.3. The van der Waals surface area contributed by atoms with Crippen LogP contribution in [-0.2, 0) is 15.9 Å². The number of aromatic nitrogens is 3. The number of aryl methyl sites for hydroxylation is 1. The van der Waals surface area contributed by atoms with E-state index in [1.54, 1.807) is 12.4 Å². The van der Waals surface area contributed by atoms with Crippen molar-refractivity contribution in [2.45, 2.75) is 51.7 Å². The van der Waals surface area contributed by atoms with Crippen molar-refractivity contribution in [3.63, 3.8) is 0 Å². The standard InChI is InChI=1S/C26H33N5O4/c1-26(2,3)35-25(32)27-13-14-33-15-16-34-22-12-11-21-23(31-22)24(29-17-28-21)30-20-10-6-8-18-7-4-5-9-19(18)20/h4-5,7,9,11-12,17,20H,6,8,10,13-16H2,1-3H3,(H,27,32)(H,28,29,30). The van der Waals surface area contributed by atoms with Gasteiger partial charge >= 0.3 is 6.09 Å². The van der Waals surface area contributed by atoms with Gasteiger partial charge in [0, 0.05) is 12.6 Å². The zero-order valence-corrected chi connectivity index (χ0v) is 20.5. The minimum absolute atomic E-state index is 0.187. The number of carbonyl (C=O) groups is 1. The summed E-state index contributed by atoms with van der Waals surface area (Å²) in [5.41, 5.74) is 3.61. The number of benzene rings is 1. The van der Waals surface area contributed by atoms with Crippen LogP contribution in [0.5, 0.6) is 5.88 Å². The molecule has 3 aromatic rings. The molecule has 0 radical (unpaired) electrons. The van der Waals surface area contributed by atoms with Crippen LogP contribution in [0.4, 0.5) is 10.6 Å². The van der Waals surface area contributed by atoms with E-state index in [9.17, 15) is 4.79 Å². The first-order valence-corrected chi connectivity index (χ1v) is 12.0. The summed E-state index contributed by atoms with van der Waals surface area (Å²) in [6, 6.07) is 12.4. The Kier molecular flexibility index (Phi) is 7.97. The van der Waals surface area contributed by atoms with Crippen LogP contribution in [0, 0.1) is 0 Å². The second kappa shape index (κ2) is 11.3. The van der Waals surface area contributed by atoms with Gasteiger partial charge in [-0.05, 0) is 57.2 Å². The van der Waals surface area contributed by atoms with Gasteiger partial charge in [0.05, 0.1) is 24.8 Å². The number of nitrogens with one attached hydrogen (secondary N) is 2. The Morgan fingerprint density at radius 2 is 1.94 bits per heavy atom. The largest absolute Gasteiger partial charge is 0.475 e. The van der Waals surface area contributed by atoms with Crippen LogP contribution in [0.2, 0.25) is 0 Å². The average molecular weight is 480 g/mol. The summed E-state index contributed by atoms with van der Waals surface area (Å²) in [7, 11) is 0. The summed E-state index contributed by atoms with van der Waals surface area (Å²) in [6.07, 6.45) is 4.38. The van der Waals surface area contributed by atoms with E-state index in [2.05, 4.69) is 49.9 Å². The molecule has 0 bridgehead atoms. The maximum absolute atomic E-state index is 11.6. The predicted molar refractivity (Wildman–Crippen MR) is 134 cm³/mol. The van der Waals surface area contributed by atoms with E-state index in [1.165, 1.54) is 11.1 Å². The molecule has 0 spiro atoms. The lowest BCUT2D eigenvalue weighted by Crippen LogP contribution is -2.34. The molecule has 186 valence electrons. The van der Waals surface area contributed by atoms with Crippen molar-refractivity contribution in [2.75, 3.05) is 31.7 Å². The molecule has 9 heteroatoms. The zero-order chi connectivity index (χ0) is 24.7. The molecule has 35 heavy (non-hydrogen) atoms. The topological polar surface area (TPSA) is 107 Å². The number of amides is 1. The lowest BCUT2D eigenvalue weighted by Gasteiger charge is -2.27. The SMILES string of the molecule is CC(C)(C)OC(=O)NCCOCCOc1ccc2ncnc(NC3CCCc4ccccc43)c2n1. The Hall–Kier alpha value is -3.46. The van der Waals surface area contributed by atoms with Gasteiger partial charge in [-0.1, -0.05) is 24.3 Å². The number of nitrogens with zero attached hydrogens (tertiary/aromatic N) is 3. The molecule has 1 aromatic carbocycles. The maximum Gasteiger partial charge on any atom is 0.407 e. The smallest absolute Gasteiger partial charge is 0.407 e.